The van der Waals surface area contributed by atoms with E-state index in [-0.39, 0.29) is 17.6 Å². The highest BCUT2D eigenvalue weighted by atomic mass is 19.1. The van der Waals surface area contributed by atoms with Gasteiger partial charge in [0.15, 0.2) is 0 Å². The minimum Gasteiger partial charge on any atom is -0.322 e. The van der Waals surface area contributed by atoms with Crippen molar-refractivity contribution in [1.29, 1.82) is 0 Å². The van der Waals surface area contributed by atoms with Gasteiger partial charge in [0.25, 0.3) is 0 Å². The third kappa shape index (κ3) is 2.38. The first-order valence-electron chi connectivity index (χ1n) is 5.62. The molecule has 1 aromatic heterocycles. The third-order valence-electron chi connectivity index (χ3n) is 2.73. The van der Waals surface area contributed by atoms with Gasteiger partial charge < -0.3 is 5.73 Å². The molecule has 2 N–H and O–H groups in total. The van der Waals surface area contributed by atoms with Gasteiger partial charge >= 0.3 is 0 Å². The smallest absolute Gasteiger partial charge is 0.149 e. The average Bonchev–Trinajstić information content (AvgIpc) is 2.80. The Kier molecular flexibility index (Phi) is 3.38. The second-order valence-electron chi connectivity index (χ2n) is 4.45. The molecular formula is C12H14F2N4. The summed E-state index contributed by atoms with van der Waals surface area (Å²) in [7, 11) is 0. The van der Waals surface area contributed by atoms with E-state index in [1.165, 1.54) is 10.9 Å². The first kappa shape index (κ1) is 12.6. The zero-order valence-corrected chi connectivity index (χ0v) is 10.1. The van der Waals surface area contributed by atoms with Crippen LogP contribution in [0.4, 0.5) is 8.78 Å². The Morgan fingerprint density at radius 1 is 1.28 bits per heavy atom. The Morgan fingerprint density at radius 3 is 2.67 bits per heavy atom. The Labute approximate surface area is 103 Å². The zero-order valence-electron chi connectivity index (χ0n) is 10.1. The van der Waals surface area contributed by atoms with E-state index in [2.05, 4.69) is 10.3 Å². The van der Waals surface area contributed by atoms with Gasteiger partial charge in [0, 0.05) is 6.07 Å². The van der Waals surface area contributed by atoms with Crippen molar-refractivity contribution in [3.05, 3.63) is 41.7 Å². The fourth-order valence-electron chi connectivity index (χ4n) is 1.55. The predicted octanol–water partition coefficient (Wildman–Crippen LogP) is 2.20. The highest BCUT2D eigenvalue weighted by molar-refractivity contribution is 5.33. The van der Waals surface area contributed by atoms with E-state index in [0.29, 0.717) is 5.69 Å². The third-order valence-corrected chi connectivity index (χ3v) is 2.73. The first-order chi connectivity index (χ1) is 8.49. The molecule has 2 rings (SSSR count). The Bertz CT molecular complexity index is 551. The van der Waals surface area contributed by atoms with E-state index < -0.39 is 11.6 Å². The van der Waals surface area contributed by atoms with Gasteiger partial charge in [-0.25, -0.2) is 13.5 Å². The van der Waals surface area contributed by atoms with Crippen LogP contribution in [-0.4, -0.2) is 15.0 Å². The monoisotopic (exact) mass is 252 g/mol. The summed E-state index contributed by atoms with van der Waals surface area (Å²) < 4.78 is 27.8. The molecule has 96 valence electrons. The summed E-state index contributed by atoms with van der Waals surface area (Å²) in [6.45, 7) is 3.90. The highest BCUT2D eigenvalue weighted by Crippen LogP contribution is 2.19. The van der Waals surface area contributed by atoms with Crippen molar-refractivity contribution in [2.45, 2.75) is 19.9 Å². The molecule has 4 nitrogen and oxygen atoms in total. The lowest BCUT2D eigenvalue weighted by Crippen LogP contribution is -2.17. The first-order valence-corrected chi connectivity index (χ1v) is 5.62. The summed E-state index contributed by atoms with van der Waals surface area (Å²) >= 11 is 0. The molecule has 1 unspecified atom stereocenters. The molecule has 2 aromatic rings. The van der Waals surface area contributed by atoms with Crippen LogP contribution in [0.2, 0.25) is 0 Å². The van der Waals surface area contributed by atoms with E-state index in [0.717, 1.165) is 18.2 Å². The standard InChI is InChI=1S/C12H14F2N4/c1-7(2)12(15)10-6-18(17-16-10)11-5-8(13)3-4-9(11)14/h3-7,12H,15H2,1-2H3. The molecule has 0 aliphatic carbocycles. The van der Waals surface area contributed by atoms with Gasteiger partial charge in [-0.1, -0.05) is 19.1 Å². The molecule has 0 saturated carbocycles. The number of nitrogens with zero attached hydrogens (tertiary/aromatic N) is 3. The van der Waals surface area contributed by atoms with Crippen LogP contribution in [0.3, 0.4) is 0 Å². The van der Waals surface area contributed by atoms with Gasteiger partial charge in [-0.15, -0.1) is 5.10 Å². The van der Waals surface area contributed by atoms with Gasteiger partial charge in [0.1, 0.15) is 23.0 Å². The minimum atomic E-state index is -0.564. The van der Waals surface area contributed by atoms with Crippen LogP contribution in [-0.2, 0) is 0 Å². The Balaban J connectivity index is 2.38. The van der Waals surface area contributed by atoms with Gasteiger partial charge in [-0.05, 0) is 18.1 Å². The number of nitrogens with two attached hydrogens (primary N) is 1. The molecule has 0 aliphatic heterocycles. The lowest BCUT2D eigenvalue weighted by Gasteiger charge is -2.11. The fraction of sp³-hybridized carbons (Fsp3) is 0.333. The molecule has 0 aliphatic rings. The van der Waals surface area contributed by atoms with E-state index in [1.807, 2.05) is 13.8 Å². The van der Waals surface area contributed by atoms with Crippen molar-refractivity contribution >= 4 is 0 Å². The number of hydrogen-bond donors (Lipinski definition) is 1. The Morgan fingerprint density at radius 2 is 2.00 bits per heavy atom. The molecule has 18 heavy (non-hydrogen) atoms. The molecule has 0 amide bonds. The van der Waals surface area contributed by atoms with Gasteiger partial charge in [0.05, 0.1) is 12.2 Å². The van der Waals surface area contributed by atoms with Crippen molar-refractivity contribution in [1.82, 2.24) is 15.0 Å². The van der Waals surface area contributed by atoms with E-state index >= 15 is 0 Å². The second kappa shape index (κ2) is 4.81. The normalized spacial score (nSPS) is 13.0. The van der Waals surface area contributed by atoms with Crippen LogP contribution in [0.25, 0.3) is 5.69 Å². The lowest BCUT2D eigenvalue weighted by molar-refractivity contribution is 0.502. The number of hydrogen-bond acceptors (Lipinski definition) is 3. The summed E-state index contributed by atoms with van der Waals surface area (Å²) in [5.74, 6) is -0.907. The zero-order chi connectivity index (χ0) is 13.3. The summed E-state index contributed by atoms with van der Waals surface area (Å²) in [5, 5.41) is 7.66. The molecule has 0 radical (unpaired) electrons. The molecule has 0 saturated heterocycles. The molecule has 6 heteroatoms. The Hall–Kier alpha value is -1.82. The lowest BCUT2D eigenvalue weighted by atomic mass is 10.0. The number of rotatable bonds is 3. The van der Waals surface area contributed by atoms with Crippen molar-refractivity contribution in [2.75, 3.05) is 0 Å². The van der Waals surface area contributed by atoms with Gasteiger partial charge in [-0.3, -0.25) is 0 Å². The van der Waals surface area contributed by atoms with Crippen molar-refractivity contribution in [3.63, 3.8) is 0 Å². The van der Waals surface area contributed by atoms with E-state index in [4.69, 9.17) is 5.73 Å². The quantitative estimate of drug-likeness (QED) is 0.911. The summed E-state index contributed by atoms with van der Waals surface area (Å²) in [6, 6.07) is 2.88. The highest BCUT2D eigenvalue weighted by Gasteiger charge is 2.16. The maximum atomic E-state index is 13.5. The second-order valence-corrected chi connectivity index (χ2v) is 4.45. The fourth-order valence-corrected chi connectivity index (χ4v) is 1.55. The summed E-state index contributed by atoms with van der Waals surface area (Å²) in [4.78, 5) is 0. The SMILES string of the molecule is CC(C)C(N)c1cn(-c2cc(F)ccc2F)nn1. The topological polar surface area (TPSA) is 56.7 Å². The minimum absolute atomic E-state index is 0.0182. The number of aromatic nitrogens is 3. The number of halogens is 2. The average molecular weight is 252 g/mol. The van der Waals surface area contributed by atoms with E-state index in [9.17, 15) is 8.78 Å². The molecule has 1 heterocycles. The molecule has 1 atom stereocenters. The van der Waals surface area contributed by atoms with Crippen molar-refractivity contribution < 1.29 is 8.78 Å². The van der Waals surface area contributed by atoms with Crippen LogP contribution in [0.5, 0.6) is 0 Å². The van der Waals surface area contributed by atoms with Crippen LogP contribution in [0.15, 0.2) is 24.4 Å². The summed E-state index contributed by atoms with van der Waals surface area (Å²) in [5.41, 5.74) is 6.48. The molecule has 0 fully saturated rings. The van der Waals surface area contributed by atoms with Crippen LogP contribution in [0, 0.1) is 17.6 Å². The molecule has 1 aromatic carbocycles. The van der Waals surface area contributed by atoms with Crippen LogP contribution < -0.4 is 5.73 Å². The van der Waals surface area contributed by atoms with Crippen LogP contribution in [0.1, 0.15) is 25.6 Å². The largest absolute Gasteiger partial charge is 0.322 e. The molecule has 0 spiro atoms. The van der Waals surface area contributed by atoms with Crippen molar-refractivity contribution in [3.8, 4) is 5.69 Å². The van der Waals surface area contributed by atoms with Gasteiger partial charge in [-0.2, -0.15) is 0 Å². The van der Waals surface area contributed by atoms with Gasteiger partial charge in [0.2, 0.25) is 0 Å². The van der Waals surface area contributed by atoms with Crippen LogP contribution >= 0.6 is 0 Å². The van der Waals surface area contributed by atoms with E-state index in [1.54, 1.807) is 0 Å². The maximum absolute atomic E-state index is 13.5. The predicted molar refractivity (Wildman–Crippen MR) is 63.0 cm³/mol. The molecule has 0 bridgehead atoms. The summed E-state index contributed by atoms with van der Waals surface area (Å²) in [6.07, 6.45) is 1.52. The number of benzene rings is 1. The molecular weight excluding hydrogens is 238 g/mol. The van der Waals surface area contributed by atoms with Crippen molar-refractivity contribution in [2.24, 2.45) is 11.7 Å². The maximum Gasteiger partial charge on any atom is 0.149 e.